The van der Waals surface area contributed by atoms with Crippen molar-refractivity contribution in [1.82, 2.24) is 10.2 Å². The number of benzene rings is 1. The molecule has 0 aliphatic carbocycles. The molecule has 21 heavy (non-hydrogen) atoms. The molecule has 0 amide bonds. The maximum absolute atomic E-state index is 13.4. The number of likely N-dealkylation sites (N-methyl/N-ethyl adjacent to an activating group) is 2. The highest BCUT2D eigenvalue weighted by Crippen LogP contribution is 2.26. The molecule has 2 nitrogen and oxygen atoms in total. The minimum absolute atomic E-state index is 0.0752. The first-order valence-electron chi connectivity index (χ1n) is 8.24. The van der Waals surface area contributed by atoms with Crippen LogP contribution in [0.3, 0.4) is 0 Å². The van der Waals surface area contributed by atoms with Crippen molar-refractivity contribution in [3.63, 3.8) is 0 Å². The lowest BCUT2D eigenvalue weighted by Crippen LogP contribution is -2.60. The van der Waals surface area contributed by atoms with Gasteiger partial charge in [0.25, 0.3) is 0 Å². The van der Waals surface area contributed by atoms with Crippen LogP contribution >= 0.6 is 0 Å². The third-order valence-electron chi connectivity index (χ3n) is 4.73. The predicted molar refractivity (Wildman–Crippen MR) is 89.2 cm³/mol. The molecule has 0 bridgehead atoms. The van der Waals surface area contributed by atoms with Gasteiger partial charge in [-0.2, -0.15) is 0 Å². The lowest BCUT2D eigenvalue weighted by molar-refractivity contribution is 0.0706. The van der Waals surface area contributed by atoms with E-state index in [9.17, 15) is 4.39 Å². The molecule has 1 aromatic carbocycles. The molecule has 2 atom stereocenters. The molecular weight excluding hydrogens is 263 g/mol. The van der Waals surface area contributed by atoms with Gasteiger partial charge >= 0.3 is 0 Å². The van der Waals surface area contributed by atoms with E-state index in [0.717, 1.165) is 38.0 Å². The average Bonchev–Trinajstić information content (AvgIpc) is 2.47. The molecule has 0 aromatic heterocycles. The third kappa shape index (κ3) is 4.52. The Morgan fingerprint density at radius 3 is 2.33 bits per heavy atom. The zero-order chi connectivity index (χ0) is 15.9. The monoisotopic (exact) mass is 294 g/mol. The summed E-state index contributed by atoms with van der Waals surface area (Å²) in [5.41, 5.74) is 1.14. The number of hydrogen-bond acceptors (Lipinski definition) is 2. The van der Waals surface area contributed by atoms with Gasteiger partial charge < -0.3 is 5.32 Å². The van der Waals surface area contributed by atoms with E-state index in [-0.39, 0.29) is 11.4 Å². The number of rotatable bonds is 9. The first-order chi connectivity index (χ1) is 10.0. The molecule has 1 rings (SSSR count). The van der Waals surface area contributed by atoms with Crippen molar-refractivity contribution >= 4 is 0 Å². The summed E-state index contributed by atoms with van der Waals surface area (Å²) in [5, 5.41) is 3.63. The zero-order valence-corrected chi connectivity index (χ0v) is 14.2. The SMILES string of the molecule is CCNC(Cc1cccc(F)c1)C(C)(CC)N(CC)CC. The summed E-state index contributed by atoms with van der Waals surface area (Å²) < 4.78 is 13.4. The van der Waals surface area contributed by atoms with Crippen LogP contribution in [0.5, 0.6) is 0 Å². The molecular formula is C18H31FN2. The molecule has 0 radical (unpaired) electrons. The van der Waals surface area contributed by atoms with Crippen LogP contribution in [0.15, 0.2) is 24.3 Å². The fourth-order valence-corrected chi connectivity index (χ4v) is 3.29. The van der Waals surface area contributed by atoms with E-state index in [1.165, 1.54) is 6.07 Å². The summed E-state index contributed by atoms with van der Waals surface area (Å²) in [5.74, 6) is -0.149. The maximum atomic E-state index is 13.4. The summed E-state index contributed by atoms with van der Waals surface area (Å²) in [4.78, 5) is 2.51. The van der Waals surface area contributed by atoms with Crippen molar-refractivity contribution in [3.8, 4) is 0 Å². The summed E-state index contributed by atoms with van der Waals surface area (Å²) in [7, 11) is 0. The maximum Gasteiger partial charge on any atom is 0.123 e. The molecule has 0 aliphatic rings. The Morgan fingerprint density at radius 1 is 1.19 bits per heavy atom. The van der Waals surface area contributed by atoms with E-state index in [4.69, 9.17) is 0 Å². The highest BCUT2D eigenvalue weighted by molar-refractivity contribution is 5.19. The van der Waals surface area contributed by atoms with Gasteiger partial charge in [-0.3, -0.25) is 4.90 Å². The standard InChI is InChI=1S/C18H31FN2/c1-6-18(5,21(8-3)9-4)17(20-7-2)14-15-11-10-12-16(19)13-15/h10-13,17,20H,6-9,14H2,1-5H3. The van der Waals surface area contributed by atoms with Crippen LogP contribution in [0, 0.1) is 5.82 Å². The topological polar surface area (TPSA) is 15.3 Å². The van der Waals surface area contributed by atoms with Crippen molar-refractivity contribution in [2.24, 2.45) is 0 Å². The number of nitrogens with one attached hydrogen (secondary N) is 1. The van der Waals surface area contributed by atoms with Gasteiger partial charge in [-0.25, -0.2) is 4.39 Å². The smallest absolute Gasteiger partial charge is 0.123 e. The summed E-state index contributed by atoms with van der Waals surface area (Å²) >= 11 is 0. The van der Waals surface area contributed by atoms with Crippen molar-refractivity contribution in [3.05, 3.63) is 35.6 Å². The predicted octanol–water partition coefficient (Wildman–Crippen LogP) is 3.86. The van der Waals surface area contributed by atoms with Crippen molar-refractivity contribution < 1.29 is 4.39 Å². The van der Waals surface area contributed by atoms with Gasteiger partial charge in [0.15, 0.2) is 0 Å². The minimum atomic E-state index is -0.149. The van der Waals surface area contributed by atoms with Crippen LogP contribution in [0.2, 0.25) is 0 Å². The second-order valence-electron chi connectivity index (χ2n) is 5.83. The normalized spacial score (nSPS) is 16.0. The zero-order valence-electron chi connectivity index (χ0n) is 14.2. The van der Waals surface area contributed by atoms with E-state index >= 15 is 0 Å². The Hall–Kier alpha value is -0.930. The second kappa shape index (κ2) is 8.50. The molecule has 120 valence electrons. The van der Waals surface area contributed by atoms with E-state index < -0.39 is 0 Å². The highest BCUT2D eigenvalue weighted by Gasteiger charge is 2.36. The molecule has 0 heterocycles. The molecule has 3 heteroatoms. The van der Waals surface area contributed by atoms with Crippen molar-refractivity contribution in [2.45, 2.75) is 59.0 Å². The van der Waals surface area contributed by atoms with E-state index in [1.807, 2.05) is 6.07 Å². The van der Waals surface area contributed by atoms with Crippen LogP contribution in [-0.4, -0.2) is 36.1 Å². The van der Waals surface area contributed by atoms with Crippen molar-refractivity contribution in [1.29, 1.82) is 0 Å². The van der Waals surface area contributed by atoms with Gasteiger partial charge in [0.05, 0.1) is 0 Å². The van der Waals surface area contributed by atoms with Crippen LogP contribution in [0.4, 0.5) is 4.39 Å². The second-order valence-corrected chi connectivity index (χ2v) is 5.83. The first-order valence-corrected chi connectivity index (χ1v) is 8.24. The molecule has 1 aromatic rings. The van der Waals surface area contributed by atoms with Crippen molar-refractivity contribution in [2.75, 3.05) is 19.6 Å². The minimum Gasteiger partial charge on any atom is -0.312 e. The van der Waals surface area contributed by atoms with Crippen LogP contribution < -0.4 is 5.32 Å². The summed E-state index contributed by atoms with van der Waals surface area (Å²) in [6.45, 7) is 14.1. The van der Waals surface area contributed by atoms with Crippen LogP contribution in [-0.2, 0) is 6.42 Å². The fourth-order valence-electron chi connectivity index (χ4n) is 3.29. The van der Waals surface area contributed by atoms with Gasteiger partial charge in [-0.1, -0.05) is 39.8 Å². The lowest BCUT2D eigenvalue weighted by Gasteiger charge is -2.46. The summed E-state index contributed by atoms with van der Waals surface area (Å²) in [6.07, 6.45) is 1.92. The Labute approximate surface area is 129 Å². The van der Waals surface area contributed by atoms with Gasteiger partial charge in [-0.05, 0) is 57.1 Å². The largest absolute Gasteiger partial charge is 0.312 e. The molecule has 0 spiro atoms. The third-order valence-corrected chi connectivity index (χ3v) is 4.73. The molecule has 2 unspecified atom stereocenters. The van der Waals surface area contributed by atoms with E-state index in [2.05, 4.69) is 44.8 Å². The summed E-state index contributed by atoms with van der Waals surface area (Å²) in [6, 6.07) is 7.30. The van der Waals surface area contributed by atoms with Crippen LogP contribution in [0.1, 0.15) is 46.6 Å². The van der Waals surface area contributed by atoms with E-state index in [0.29, 0.717) is 6.04 Å². The lowest BCUT2D eigenvalue weighted by atomic mass is 9.83. The van der Waals surface area contributed by atoms with E-state index in [1.54, 1.807) is 12.1 Å². The number of hydrogen-bond donors (Lipinski definition) is 1. The fraction of sp³-hybridized carbons (Fsp3) is 0.667. The molecule has 1 N–H and O–H groups in total. The first kappa shape index (κ1) is 18.1. The van der Waals surface area contributed by atoms with Gasteiger partial charge in [-0.15, -0.1) is 0 Å². The quantitative estimate of drug-likeness (QED) is 0.744. The molecule has 0 saturated carbocycles. The Bertz CT molecular complexity index is 417. The average molecular weight is 294 g/mol. The highest BCUT2D eigenvalue weighted by atomic mass is 19.1. The Balaban J connectivity index is 3.02. The molecule has 0 saturated heterocycles. The number of nitrogens with zero attached hydrogens (tertiary/aromatic N) is 1. The number of halogens is 1. The van der Waals surface area contributed by atoms with Gasteiger partial charge in [0.2, 0.25) is 0 Å². The van der Waals surface area contributed by atoms with Crippen LogP contribution in [0.25, 0.3) is 0 Å². The van der Waals surface area contributed by atoms with Gasteiger partial charge in [0, 0.05) is 11.6 Å². The Morgan fingerprint density at radius 2 is 1.86 bits per heavy atom. The molecule has 0 fully saturated rings. The Kier molecular flexibility index (Phi) is 7.33. The van der Waals surface area contributed by atoms with Gasteiger partial charge in [0.1, 0.15) is 5.82 Å². The molecule has 0 aliphatic heterocycles.